The van der Waals surface area contributed by atoms with Crippen LogP contribution >= 0.6 is 11.6 Å². The number of amides is 3. The lowest BCUT2D eigenvalue weighted by molar-refractivity contribution is 0.238. The molecule has 0 aliphatic rings. The first kappa shape index (κ1) is 18.9. The van der Waals surface area contributed by atoms with Crippen molar-refractivity contribution >= 4 is 44.1 Å². The van der Waals surface area contributed by atoms with Crippen LogP contribution in [0.4, 0.5) is 4.79 Å². The fourth-order valence-corrected chi connectivity index (χ4v) is 3.92. The Labute approximate surface area is 149 Å². The zero-order valence-corrected chi connectivity index (χ0v) is 14.7. The number of rotatable bonds is 5. The lowest BCUT2D eigenvalue weighted by atomic mass is 10.4. The maximum atomic E-state index is 12.3. The van der Waals surface area contributed by atoms with Crippen LogP contribution in [-0.2, 0) is 24.8 Å². The second-order valence-corrected chi connectivity index (χ2v) is 8.44. The maximum absolute atomic E-state index is 12.3. The molecule has 8 nitrogen and oxygen atoms in total. The van der Waals surface area contributed by atoms with E-state index in [1.165, 1.54) is 35.1 Å². The third-order valence-electron chi connectivity index (χ3n) is 2.89. The number of nitrogens with zero attached hydrogens (tertiary/aromatic N) is 1. The molecule has 25 heavy (non-hydrogen) atoms. The van der Waals surface area contributed by atoms with Gasteiger partial charge in [-0.15, -0.1) is 4.31 Å². The number of hydrogen-bond acceptors (Lipinski definition) is 6. The molecule has 0 aromatic heterocycles. The topological polar surface area (TPSA) is 118 Å². The van der Waals surface area contributed by atoms with Gasteiger partial charge in [0.1, 0.15) is 0 Å². The number of sulfonamides is 2. The molecule has 2 aromatic rings. The average molecular weight is 402 g/mol. The van der Waals surface area contributed by atoms with Crippen molar-refractivity contribution in [3.63, 3.8) is 0 Å². The Morgan fingerprint density at radius 2 is 1.48 bits per heavy atom. The Morgan fingerprint density at radius 3 is 2.00 bits per heavy atom. The number of nitrogens with one attached hydrogen (secondary N) is 1. The van der Waals surface area contributed by atoms with Gasteiger partial charge in [0.05, 0.1) is 9.79 Å². The van der Waals surface area contributed by atoms with Gasteiger partial charge in [-0.1, -0.05) is 29.8 Å². The Morgan fingerprint density at radius 1 is 0.920 bits per heavy atom. The number of carbonyl (C=O) groups is 1. The van der Waals surface area contributed by atoms with E-state index in [0.29, 0.717) is 0 Å². The quantitative estimate of drug-likeness (QED) is 0.758. The van der Waals surface area contributed by atoms with Crippen molar-refractivity contribution in [2.45, 2.75) is 9.79 Å². The highest BCUT2D eigenvalue weighted by Crippen LogP contribution is 2.16. The van der Waals surface area contributed by atoms with Crippen LogP contribution in [0.3, 0.4) is 0 Å². The predicted octanol–water partition coefficient (Wildman–Crippen LogP) is 1.50. The Hall–Kier alpha value is -2.43. The minimum atomic E-state index is -4.60. The first-order chi connectivity index (χ1) is 11.7. The van der Waals surface area contributed by atoms with E-state index in [-0.39, 0.29) is 19.1 Å². The molecule has 0 saturated heterocycles. The highest BCUT2D eigenvalue weighted by Gasteiger charge is 2.32. The molecule has 11 heteroatoms. The summed E-state index contributed by atoms with van der Waals surface area (Å²) in [7, 11) is -9.02. The largest absolute Gasteiger partial charge is 0.352 e. The number of imide groups is 1. The van der Waals surface area contributed by atoms with Crippen molar-refractivity contribution < 1.29 is 26.4 Å². The van der Waals surface area contributed by atoms with E-state index in [4.69, 9.17) is 11.6 Å². The molecule has 1 radical (unpaired) electrons. The molecule has 0 aliphatic heterocycles. The summed E-state index contributed by atoms with van der Waals surface area (Å²) < 4.78 is 49.9. The monoisotopic (exact) mass is 401 g/mol. The fourth-order valence-electron chi connectivity index (χ4n) is 1.73. The van der Waals surface area contributed by atoms with E-state index in [0.717, 1.165) is 30.7 Å². The third kappa shape index (κ3) is 4.16. The van der Waals surface area contributed by atoms with Gasteiger partial charge in [0, 0.05) is 5.02 Å². The van der Waals surface area contributed by atoms with Crippen LogP contribution in [0.2, 0.25) is 5.02 Å². The van der Waals surface area contributed by atoms with Crippen LogP contribution in [0.15, 0.2) is 64.4 Å². The molecule has 0 unspecified atom stereocenters. The van der Waals surface area contributed by atoms with Crippen LogP contribution in [0, 0.1) is 0 Å². The van der Waals surface area contributed by atoms with Crippen molar-refractivity contribution in [2.75, 3.05) is 0 Å². The van der Waals surface area contributed by atoms with Gasteiger partial charge in [-0.2, -0.15) is 0 Å². The summed E-state index contributed by atoms with van der Waals surface area (Å²) in [4.78, 5) is 22.3. The molecule has 0 atom stereocenters. The Kier molecular flexibility index (Phi) is 5.45. The minimum absolute atomic E-state index is 0.264. The standard InChI is InChI=1S/C14H10ClN2O6S2/c15-11-6-8-12(9-7-11)24(20,21)16-14(19)17(10-18)25(22,23)13-4-2-1-3-5-13/h1-9H,(H,16,19). The highest BCUT2D eigenvalue weighted by atomic mass is 35.5. The molecule has 0 bridgehead atoms. The normalized spacial score (nSPS) is 11.6. The van der Waals surface area contributed by atoms with E-state index in [9.17, 15) is 26.4 Å². The first-order valence-corrected chi connectivity index (χ1v) is 9.79. The van der Waals surface area contributed by atoms with Crippen LogP contribution in [-0.4, -0.2) is 33.6 Å². The summed E-state index contributed by atoms with van der Waals surface area (Å²) >= 11 is 5.65. The summed E-state index contributed by atoms with van der Waals surface area (Å²) in [5.74, 6) is 0. The molecule has 0 fully saturated rings. The summed E-state index contributed by atoms with van der Waals surface area (Å²) in [6.07, 6.45) is 0.922. The van der Waals surface area contributed by atoms with E-state index in [1.807, 2.05) is 0 Å². The van der Waals surface area contributed by atoms with Crippen LogP contribution in [0.5, 0.6) is 0 Å². The van der Waals surface area contributed by atoms with Gasteiger partial charge >= 0.3 is 12.4 Å². The summed E-state index contributed by atoms with van der Waals surface area (Å²) in [5, 5.41) is 0.264. The van der Waals surface area contributed by atoms with Crippen molar-refractivity contribution in [2.24, 2.45) is 0 Å². The van der Waals surface area contributed by atoms with Gasteiger partial charge in [-0.25, -0.2) is 26.4 Å². The number of benzene rings is 2. The molecule has 1 N–H and O–H groups in total. The molecule has 0 aliphatic carbocycles. The smallest absolute Gasteiger partial charge is 0.262 e. The van der Waals surface area contributed by atoms with Crippen molar-refractivity contribution in [1.29, 1.82) is 0 Å². The highest BCUT2D eigenvalue weighted by molar-refractivity contribution is 7.91. The minimum Gasteiger partial charge on any atom is -0.262 e. The number of hydrogen-bond donors (Lipinski definition) is 1. The number of halogens is 1. The lowest BCUT2D eigenvalue weighted by Crippen LogP contribution is -2.45. The predicted molar refractivity (Wildman–Crippen MR) is 88.3 cm³/mol. The van der Waals surface area contributed by atoms with Gasteiger partial charge < -0.3 is 0 Å². The molecule has 0 saturated carbocycles. The third-order valence-corrected chi connectivity index (χ3v) is 6.07. The van der Waals surface area contributed by atoms with Crippen LogP contribution < -0.4 is 4.72 Å². The van der Waals surface area contributed by atoms with Crippen molar-refractivity contribution in [1.82, 2.24) is 9.03 Å². The number of urea groups is 1. The van der Waals surface area contributed by atoms with E-state index in [2.05, 4.69) is 0 Å². The molecular formula is C14H10ClN2O6S2. The maximum Gasteiger partial charge on any atom is 0.352 e. The second-order valence-electron chi connectivity index (χ2n) is 4.54. The molecule has 2 aromatic carbocycles. The molecule has 0 heterocycles. The van der Waals surface area contributed by atoms with E-state index in [1.54, 1.807) is 0 Å². The van der Waals surface area contributed by atoms with Gasteiger partial charge in [-0.3, -0.25) is 4.79 Å². The zero-order valence-electron chi connectivity index (χ0n) is 12.3. The molecule has 2 rings (SSSR count). The van der Waals surface area contributed by atoms with Crippen LogP contribution in [0.25, 0.3) is 0 Å². The SMILES string of the molecule is O=[C]N(C(=O)NS(=O)(=O)c1ccc(Cl)cc1)S(=O)(=O)c1ccccc1. The second kappa shape index (κ2) is 7.21. The summed E-state index contributed by atoms with van der Waals surface area (Å²) in [6.45, 7) is 0. The van der Waals surface area contributed by atoms with Gasteiger partial charge in [-0.05, 0) is 36.4 Å². The average Bonchev–Trinajstić information content (AvgIpc) is 2.56. The van der Waals surface area contributed by atoms with Gasteiger partial charge in [0.2, 0.25) is 0 Å². The van der Waals surface area contributed by atoms with Crippen LogP contribution in [0.1, 0.15) is 0 Å². The van der Waals surface area contributed by atoms with Gasteiger partial charge in [0.25, 0.3) is 20.0 Å². The zero-order chi connectivity index (χ0) is 18.7. The Bertz CT molecular complexity index is 989. The van der Waals surface area contributed by atoms with E-state index < -0.39 is 26.1 Å². The molecule has 131 valence electrons. The molecular weight excluding hydrogens is 392 g/mol. The molecule has 3 amide bonds. The first-order valence-electron chi connectivity index (χ1n) is 6.49. The lowest BCUT2D eigenvalue weighted by Gasteiger charge is -2.15. The fraction of sp³-hybridized carbons (Fsp3) is 0. The van der Waals surface area contributed by atoms with E-state index >= 15 is 0 Å². The van der Waals surface area contributed by atoms with Crippen molar-refractivity contribution in [3.05, 3.63) is 59.6 Å². The van der Waals surface area contributed by atoms with Gasteiger partial charge in [0.15, 0.2) is 0 Å². The summed E-state index contributed by atoms with van der Waals surface area (Å²) in [5.41, 5.74) is 0. The number of carbonyl (C=O) groups excluding carboxylic acids is 2. The Balaban J connectivity index is 2.32. The summed E-state index contributed by atoms with van der Waals surface area (Å²) in [6, 6.07) is 9.62. The van der Waals surface area contributed by atoms with Crippen molar-refractivity contribution in [3.8, 4) is 0 Å². The molecule has 0 spiro atoms.